The van der Waals surface area contributed by atoms with Crippen molar-refractivity contribution in [1.82, 2.24) is 10.2 Å². The molecule has 1 aliphatic rings. The van der Waals surface area contributed by atoms with Gasteiger partial charge in [0.05, 0.1) is 0 Å². The van der Waals surface area contributed by atoms with Crippen LogP contribution in [0.25, 0.3) is 0 Å². The molecule has 0 radical (unpaired) electrons. The third-order valence-electron chi connectivity index (χ3n) is 3.33. The van der Waals surface area contributed by atoms with Gasteiger partial charge in [-0.1, -0.05) is 13.8 Å². The summed E-state index contributed by atoms with van der Waals surface area (Å²) in [6, 6.07) is 0. The molecule has 1 saturated heterocycles. The summed E-state index contributed by atoms with van der Waals surface area (Å²) in [4.78, 5) is 2.64. The molecular formula is C13H28N2. The van der Waals surface area contributed by atoms with E-state index in [2.05, 4.69) is 37.9 Å². The van der Waals surface area contributed by atoms with E-state index >= 15 is 0 Å². The standard InChI is InChI=1S/C13H28N2/c1-12(2)6-10-15-9-5-8-14-13(3,4)7-11-15/h12,14H,5-11H2,1-4H3. The summed E-state index contributed by atoms with van der Waals surface area (Å²) in [6.45, 7) is 14.3. The Hall–Kier alpha value is -0.0800. The van der Waals surface area contributed by atoms with E-state index in [0.717, 1.165) is 5.92 Å². The molecule has 1 N–H and O–H groups in total. The van der Waals surface area contributed by atoms with Gasteiger partial charge in [0.25, 0.3) is 0 Å². The van der Waals surface area contributed by atoms with Crippen LogP contribution in [0.3, 0.4) is 0 Å². The van der Waals surface area contributed by atoms with Gasteiger partial charge in [0.2, 0.25) is 0 Å². The van der Waals surface area contributed by atoms with Crippen LogP contribution in [-0.4, -0.2) is 36.6 Å². The molecule has 0 amide bonds. The van der Waals surface area contributed by atoms with Gasteiger partial charge in [0.15, 0.2) is 0 Å². The molecule has 1 rings (SSSR count). The summed E-state index contributed by atoms with van der Waals surface area (Å²) >= 11 is 0. The first-order valence-electron chi connectivity index (χ1n) is 6.47. The van der Waals surface area contributed by atoms with E-state index in [1.54, 1.807) is 0 Å². The van der Waals surface area contributed by atoms with Crippen molar-refractivity contribution in [3.05, 3.63) is 0 Å². The average Bonchev–Trinajstić information content (AvgIpc) is 2.12. The van der Waals surface area contributed by atoms with Crippen molar-refractivity contribution in [2.75, 3.05) is 26.2 Å². The van der Waals surface area contributed by atoms with Gasteiger partial charge in [-0.2, -0.15) is 0 Å². The van der Waals surface area contributed by atoms with Crippen LogP contribution in [0.1, 0.15) is 47.0 Å². The van der Waals surface area contributed by atoms with Gasteiger partial charge in [-0.25, -0.2) is 0 Å². The Morgan fingerprint density at radius 2 is 2.00 bits per heavy atom. The smallest absolute Gasteiger partial charge is 0.0137 e. The number of rotatable bonds is 3. The van der Waals surface area contributed by atoms with Crippen molar-refractivity contribution in [2.45, 2.75) is 52.5 Å². The summed E-state index contributed by atoms with van der Waals surface area (Å²) in [5.41, 5.74) is 0.330. The van der Waals surface area contributed by atoms with Crippen molar-refractivity contribution in [2.24, 2.45) is 5.92 Å². The molecule has 2 nitrogen and oxygen atoms in total. The highest BCUT2D eigenvalue weighted by Gasteiger charge is 2.20. The first kappa shape index (κ1) is 13.0. The van der Waals surface area contributed by atoms with Gasteiger partial charge in [-0.3, -0.25) is 0 Å². The fraction of sp³-hybridized carbons (Fsp3) is 1.00. The topological polar surface area (TPSA) is 15.3 Å². The predicted molar refractivity (Wildman–Crippen MR) is 67.2 cm³/mol. The lowest BCUT2D eigenvalue weighted by Crippen LogP contribution is -2.46. The molecular weight excluding hydrogens is 184 g/mol. The Kier molecular flexibility index (Phi) is 5.07. The SMILES string of the molecule is CC(C)CCN1CCCNC(C)(C)CC1. The van der Waals surface area contributed by atoms with Crippen molar-refractivity contribution in [3.63, 3.8) is 0 Å². The Labute approximate surface area is 95.4 Å². The molecule has 0 bridgehead atoms. The molecule has 0 aliphatic carbocycles. The first-order chi connectivity index (χ1) is 6.99. The number of hydrogen-bond acceptors (Lipinski definition) is 2. The fourth-order valence-corrected chi connectivity index (χ4v) is 2.03. The molecule has 90 valence electrons. The second-order valence-electron chi connectivity index (χ2n) is 5.94. The van der Waals surface area contributed by atoms with Crippen LogP contribution in [0.4, 0.5) is 0 Å². The van der Waals surface area contributed by atoms with Gasteiger partial charge >= 0.3 is 0 Å². The highest BCUT2D eigenvalue weighted by Crippen LogP contribution is 2.13. The maximum atomic E-state index is 3.62. The molecule has 0 atom stereocenters. The van der Waals surface area contributed by atoms with E-state index in [-0.39, 0.29) is 0 Å². The molecule has 0 aromatic carbocycles. The Morgan fingerprint density at radius 1 is 1.27 bits per heavy atom. The van der Waals surface area contributed by atoms with E-state index in [1.807, 2.05) is 0 Å². The predicted octanol–water partition coefficient (Wildman–Crippen LogP) is 2.50. The summed E-state index contributed by atoms with van der Waals surface area (Å²) in [6.07, 6.45) is 3.90. The van der Waals surface area contributed by atoms with Gasteiger partial charge < -0.3 is 10.2 Å². The van der Waals surface area contributed by atoms with Crippen molar-refractivity contribution < 1.29 is 0 Å². The lowest BCUT2D eigenvalue weighted by atomic mass is 9.98. The highest BCUT2D eigenvalue weighted by atomic mass is 15.1. The van der Waals surface area contributed by atoms with Crippen LogP contribution in [0, 0.1) is 5.92 Å². The molecule has 0 saturated carbocycles. The summed E-state index contributed by atoms with van der Waals surface area (Å²) in [5, 5.41) is 3.62. The zero-order valence-electron chi connectivity index (χ0n) is 11.0. The fourth-order valence-electron chi connectivity index (χ4n) is 2.03. The Morgan fingerprint density at radius 3 is 2.67 bits per heavy atom. The second kappa shape index (κ2) is 5.86. The van der Waals surface area contributed by atoms with Crippen LogP contribution >= 0.6 is 0 Å². The van der Waals surface area contributed by atoms with E-state index in [9.17, 15) is 0 Å². The average molecular weight is 212 g/mol. The van der Waals surface area contributed by atoms with Crippen molar-refractivity contribution >= 4 is 0 Å². The number of nitrogens with one attached hydrogen (secondary N) is 1. The summed E-state index contributed by atoms with van der Waals surface area (Å²) in [7, 11) is 0. The minimum Gasteiger partial charge on any atom is -0.312 e. The van der Waals surface area contributed by atoms with E-state index in [1.165, 1.54) is 45.4 Å². The quantitative estimate of drug-likeness (QED) is 0.773. The molecule has 2 heteroatoms. The third-order valence-corrected chi connectivity index (χ3v) is 3.33. The minimum atomic E-state index is 0.330. The molecule has 15 heavy (non-hydrogen) atoms. The lowest BCUT2D eigenvalue weighted by molar-refractivity contribution is 0.197. The number of hydrogen-bond donors (Lipinski definition) is 1. The van der Waals surface area contributed by atoms with E-state index in [0.29, 0.717) is 5.54 Å². The molecule has 0 aromatic rings. The first-order valence-corrected chi connectivity index (χ1v) is 6.47. The van der Waals surface area contributed by atoms with Gasteiger partial charge in [-0.15, -0.1) is 0 Å². The van der Waals surface area contributed by atoms with Gasteiger partial charge in [0, 0.05) is 5.54 Å². The number of nitrogens with zero attached hydrogens (tertiary/aromatic N) is 1. The van der Waals surface area contributed by atoms with Crippen LogP contribution in [-0.2, 0) is 0 Å². The Bertz CT molecular complexity index is 175. The van der Waals surface area contributed by atoms with E-state index in [4.69, 9.17) is 0 Å². The second-order valence-corrected chi connectivity index (χ2v) is 5.94. The maximum absolute atomic E-state index is 3.62. The molecule has 0 unspecified atom stereocenters. The van der Waals surface area contributed by atoms with E-state index < -0.39 is 0 Å². The summed E-state index contributed by atoms with van der Waals surface area (Å²) < 4.78 is 0. The Balaban J connectivity index is 2.32. The monoisotopic (exact) mass is 212 g/mol. The molecule has 0 aromatic heterocycles. The largest absolute Gasteiger partial charge is 0.312 e. The molecule has 0 spiro atoms. The molecule has 1 aliphatic heterocycles. The lowest BCUT2D eigenvalue weighted by Gasteiger charge is -2.34. The van der Waals surface area contributed by atoms with Crippen LogP contribution < -0.4 is 5.32 Å². The molecule has 1 heterocycles. The van der Waals surface area contributed by atoms with Gasteiger partial charge in [0.1, 0.15) is 0 Å². The van der Waals surface area contributed by atoms with Crippen LogP contribution in [0.2, 0.25) is 0 Å². The maximum Gasteiger partial charge on any atom is 0.0137 e. The minimum absolute atomic E-state index is 0.330. The van der Waals surface area contributed by atoms with Crippen LogP contribution in [0.5, 0.6) is 0 Å². The zero-order valence-corrected chi connectivity index (χ0v) is 11.0. The third kappa shape index (κ3) is 5.53. The highest BCUT2D eigenvalue weighted by molar-refractivity contribution is 4.81. The zero-order chi connectivity index (χ0) is 11.3. The summed E-state index contributed by atoms with van der Waals surface area (Å²) in [5.74, 6) is 0.835. The van der Waals surface area contributed by atoms with Gasteiger partial charge in [-0.05, 0) is 65.2 Å². The van der Waals surface area contributed by atoms with Crippen LogP contribution in [0.15, 0.2) is 0 Å². The normalized spacial score (nSPS) is 23.8. The molecule has 1 fully saturated rings. The van der Waals surface area contributed by atoms with Crippen molar-refractivity contribution in [1.29, 1.82) is 0 Å². The van der Waals surface area contributed by atoms with Crippen molar-refractivity contribution in [3.8, 4) is 0 Å².